The number of hydrogen-bond acceptors (Lipinski definition) is 5. The predicted molar refractivity (Wildman–Crippen MR) is 89.0 cm³/mol. The zero-order valence-corrected chi connectivity index (χ0v) is 13.5. The highest BCUT2D eigenvalue weighted by atomic mass is 16.1. The summed E-state index contributed by atoms with van der Waals surface area (Å²) in [7, 11) is 0. The van der Waals surface area contributed by atoms with Crippen molar-refractivity contribution in [3.8, 4) is 11.4 Å². The molecule has 0 aliphatic rings. The van der Waals surface area contributed by atoms with Crippen LogP contribution in [0.4, 0.5) is 0 Å². The number of pyridine rings is 1. The third-order valence-electron chi connectivity index (χ3n) is 3.47. The molecule has 1 amide bonds. The zero-order chi connectivity index (χ0) is 16.9. The Morgan fingerprint density at radius 3 is 2.62 bits per heavy atom. The lowest BCUT2D eigenvalue weighted by atomic mass is 10.1. The van der Waals surface area contributed by atoms with Gasteiger partial charge in [0.25, 0.3) is 5.91 Å². The second-order valence-electron chi connectivity index (χ2n) is 5.65. The SMILES string of the molecule is CC(C)n1nnc(-c2ccc(C(=O)NCc3cccnc3)cc2)n1. The summed E-state index contributed by atoms with van der Waals surface area (Å²) in [4.78, 5) is 17.8. The van der Waals surface area contributed by atoms with Gasteiger partial charge in [0, 0.05) is 30.1 Å². The predicted octanol–water partition coefficient (Wildman–Crippen LogP) is 2.25. The number of tetrazole rings is 1. The van der Waals surface area contributed by atoms with Gasteiger partial charge in [0.15, 0.2) is 0 Å². The quantitative estimate of drug-likeness (QED) is 0.778. The second-order valence-corrected chi connectivity index (χ2v) is 5.65. The van der Waals surface area contributed by atoms with E-state index in [1.807, 2.05) is 38.1 Å². The molecule has 0 spiro atoms. The fraction of sp³-hybridized carbons (Fsp3) is 0.235. The highest BCUT2D eigenvalue weighted by Crippen LogP contribution is 2.15. The first-order valence-electron chi connectivity index (χ1n) is 7.70. The normalized spacial score (nSPS) is 10.8. The largest absolute Gasteiger partial charge is 0.348 e. The number of rotatable bonds is 5. The van der Waals surface area contributed by atoms with Gasteiger partial charge in [-0.1, -0.05) is 18.2 Å². The molecule has 3 aromatic rings. The van der Waals surface area contributed by atoms with Crippen molar-refractivity contribution in [1.82, 2.24) is 30.5 Å². The second kappa shape index (κ2) is 6.99. The maximum Gasteiger partial charge on any atom is 0.251 e. The van der Waals surface area contributed by atoms with Crippen molar-refractivity contribution >= 4 is 5.91 Å². The summed E-state index contributed by atoms with van der Waals surface area (Å²) in [5, 5.41) is 15.2. The maximum atomic E-state index is 12.2. The van der Waals surface area contributed by atoms with E-state index in [1.165, 1.54) is 0 Å². The average Bonchev–Trinajstić information content (AvgIpc) is 3.11. The van der Waals surface area contributed by atoms with Crippen LogP contribution in [0.3, 0.4) is 0 Å². The van der Waals surface area contributed by atoms with Crippen molar-refractivity contribution < 1.29 is 4.79 Å². The van der Waals surface area contributed by atoms with E-state index in [-0.39, 0.29) is 11.9 Å². The lowest BCUT2D eigenvalue weighted by Crippen LogP contribution is -2.22. The minimum absolute atomic E-state index is 0.135. The first kappa shape index (κ1) is 15.8. The van der Waals surface area contributed by atoms with Gasteiger partial charge in [0.2, 0.25) is 5.82 Å². The Labute approximate surface area is 139 Å². The molecule has 0 saturated heterocycles. The minimum Gasteiger partial charge on any atom is -0.348 e. The standard InChI is InChI=1S/C17H18N6O/c1-12(2)23-21-16(20-22-23)14-5-7-15(8-6-14)17(24)19-11-13-4-3-9-18-10-13/h3-10,12H,11H2,1-2H3,(H,19,24). The van der Waals surface area contributed by atoms with Crippen molar-refractivity contribution in [3.63, 3.8) is 0 Å². The number of hydrogen-bond donors (Lipinski definition) is 1. The third-order valence-corrected chi connectivity index (χ3v) is 3.47. The Hall–Kier alpha value is -3.09. The summed E-state index contributed by atoms with van der Waals surface area (Å²) >= 11 is 0. The molecule has 2 aromatic heterocycles. The van der Waals surface area contributed by atoms with Crippen LogP contribution in [-0.2, 0) is 6.54 Å². The molecule has 122 valence electrons. The Morgan fingerprint density at radius 1 is 1.21 bits per heavy atom. The molecule has 7 nitrogen and oxygen atoms in total. The van der Waals surface area contributed by atoms with E-state index in [2.05, 4.69) is 25.7 Å². The third kappa shape index (κ3) is 3.62. The van der Waals surface area contributed by atoms with Gasteiger partial charge in [0.1, 0.15) is 0 Å². The van der Waals surface area contributed by atoms with Crippen LogP contribution >= 0.6 is 0 Å². The number of carbonyl (C=O) groups is 1. The maximum absolute atomic E-state index is 12.2. The number of nitrogens with zero attached hydrogens (tertiary/aromatic N) is 5. The first-order valence-corrected chi connectivity index (χ1v) is 7.70. The molecule has 1 N–H and O–H groups in total. The minimum atomic E-state index is -0.135. The Morgan fingerprint density at radius 2 is 2.00 bits per heavy atom. The molecule has 0 aliphatic carbocycles. The van der Waals surface area contributed by atoms with E-state index in [0.29, 0.717) is 17.9 Å². The van der Waals surface area contributed by atoms with Crippen LogP contribution in [0.2, 0.25) is 0 Å². The Bertz CT molecular complexity index is 811. The summed E-state index contributed by atoms with van der Waals surface area (Å²) in [5.41, 5.74) is 2.36. The van der Waals surface area contributed by atoms with Crippen LogP contribution in [-0.4, -0.2) is 31.1 Å². The number of carbonyl (C=O) groups excluding carboxylic acids is 1. The zero-order valence-electron chi connectivity index (χ0n) is 13.5. The Balaban J connectivity index is 1.66. The van der Waals surface area contributed by atoms with E-state index in [9.17, 15) is 4.79 Å². The van der Waals surface area contributed by atoms with Crippen LogP contribution < -0.4 is 5.32 Å². The van der Waals surface area contributed by atoms with E-state index >= 15 is 0 Å². The number of aromatic nitrogens is 5. The summed E-state index contributed by atoms with van der Waals surface area (Å²) < 4.78 is 0. The lowest BCUT2D eigenvalue weighted by Gasteiger charge is -2.05. The smallest absolute Gasteiger partial charge is 0.251 e. The fourth-order valence-electron chi connectivity index (χ4n) is 2.12. The molecule has 3 rings (SSSR count). The molecule has 0 bridgehead atoms. The average molecular weight is 322 g/mol. The van der Waals surface area contributed by atoms with Gasteiger partial charge >= 0.3 is 0 Å². The molecule has 0 fully saturated rings. The van der Waals surface area contributed by atoms with E-state index in [4.69, 9.17) is 0 Å². The summed E-state index contributed by atoms with van der Waals surface area (Å²) in [6.45, 7) is 4.42. The number of amides is 1. The molecular weight excluding hydrogens is 304 g/mol. The Kier molecular flexibility index (Phi) is 4.60. The van der Waals surface area contributed by atoms with Gasteiger partial charge < -0.3 is 5.32 Å². The topological polar surface area (TPSA) is 85.6 Å². The number of nitrogens with one attached hydrogen (secondary N) is 1. The molecule has 0 radical (unpaired) electrons. The van der Waals surface area contributed by atoms with Gasteiger partial charge in [-0.15, -0.1) is 10.2 Å². The highest BCUT2D eigenvalue weighted by Gasteiger charge is 2.10. The molecule has 7 heteroatoms. The molecular formula is C17H18N6O. The van der Waals surface area contributed by atoms with Crippen LogP contribution in [0.1, 0.15) is 35.8 Å². The summed E-state index contributed by atoms with van der Waals surface area (Å²) in [6.07, 6.45) is 3.43. The fourth-order valence-corrected chi connectivity index (χ4v) is 2.12. The van der Waals surface area contributed by atoms with Crippen LogP contribution in [0.25, 0.3) is 11.4 Å². The van der Waals surface area contributed by atoms with Crippen molar-refractivity contribution in [2.45, 2.75) is 26.4 Å². The van der Waals surface area contributed by atoms with Crippen molar-refractivity contribution in [2.24, 2.45) is 0 Å². The van der Waals surface area contributed by atoms with Gasteiger partial charge in [-0.3, -0.25) is 9.78 Å². The van der Waals surface area contributed by atoms with Crippen LogP contribution in [0.5, 0.6) is 0 Å². The van der Waals surface area contributed by atoms with Gasteiger partial charge in [-0.05, 0) is 42.8 Å². The van der Waals surface area contributed by atoms with E-state index in [1.54, 1.807) is 29.3 Å². The molecule has 24 heavy (non-hydrogen) atoms. The van der Waals surface area contributed by atoms with Crippen LogP contribution in [0, 0.1) is 0 Å². The monoisotopic (exact) mass is 322 g/mol. The van der Waals surface area contributed by atoms with E-state index < -0.39 is 0 Å². The molecule has 0 aliphatic heterocycles. The lowest BCUT2D eigenvalue weighted by molar-refractivity contribution is 0.0951. The van der Waals surface area contributed by atoms with Crippen LogP contribution in [0.15, 0.2) is 48.8 Å². The number of benzene rings is 1. The molecule has 0 unspecified atom stereocenters. The molecule has 2 heterocycles. The first-order chi connectivity index (χ1) is 11.6. The summed E-state index contributed by atoms with van der Waals surface area (Å²) in [5.74, 6) is 0.412. The highest BCUT2D eigenvalue weighted by molar-refractivity contribution is 5.94. The van der Waals surface area contributed by atoms with Crippen molar-refractivity contribution in [3.05, 3.63) is 59.9 Å². The van der Waals surface area contributed by atoms with Gasteiger partial charge in [0.05, 0.1) is 6.04 Å². The molecule has 0 atom stereocenters. The van der Waals surface area contributed by atoms with Crippen molar-refractivity contribution in [2.75, 3.05) is 0 Å². The van der Waals surface area contributed by atoms with Crippen molar-refractivity contribution in [1.29, 1.82) is 0 Å². The summed E-state index contributed by atoms with van der Waals surface area (Å²) in [6, 6.07) is 11.1. The van der Waals surface area contributed by atoms with Gasteiger partial charge in [-0.2, -0.15) is 4.80 Å². The molecule has 1 aromatic carbocycles. The van der Waals surface area contributed by atoms with Gasteiger partial charge in [-0.25, -0.2) is 0 Å². The molecule has 0 saturated carbocycles. The van der Waals surface area contributed by atoms with E-state index in [0.717, 1.165) is 11.1 Å².